The monoisotopic (exact) mass is 338 g/mol. The topological polar surface area (TPSA) is 86.7 Å². The van der Waals surface area contributed by atoms with Crippen molar-refractivity contribution in [3.05, 3.63) is 42.5 Å². The van der Waals surface area contributed by atoms with Crippen LogP contribution in [0.25, 0.3) is 10.8 Å². The maximum atomic E-state index is 12.5. The highest BCUT2D eigenvalue weighted by atomic mass is 16.4. The van der Waals surface area contributed by atoms with Crippen LogP contribution in [0.2, 0.25) is 0 Å². The van der Waals surface area contributed by atoms with Gasteiger partial charge >= 0.3 is 5.97 Å². The molecule has 4 rings (SSSR count). The molecule has 2 N–H and O–H groups in total. The number of amides is 2. The summed E-state index contributed by atoms with van der Waals surface area (Å²) < 4.78 is 0. The summed E-state index contributed by atoms with van der Waals surface area (Å²) in [6, 6.07) is 13.5. The van der Waals surface area contributed by atoms with E-state index < -0.39 is 17.4 Å². The van der Waals surface area contributed by atoms with Crippen molar-refractivity contribution in [2.45, 2.75) is 24.8 Å². The van der Waals surface area contributed by atoms with Gasteiger partial charge in [0.1, 0.15) is 5.54 Å². The van der Waals surface area contributed by atoms with Gasteiger partial charge < -0.3 is 15.3 Å². The van der Waals surface area contributed by atoms with Crippen LogP contribution >= 0.6 is 0 Å². The van der Waals surface area contributed by atoms with Gasteiger partial charge in [0.15, 0.2) is 0 Å². The first kappa shape index (κ1) is 15.6. The fourth-order valence-electron chi connectivity index (χ4n) is 3.41. The molecule has 0 aromatic heterocycles. The molecule has 128 valence electrons. The first-order valence-electron chi connectivity index (χ1n) is 8.34. The van der Waals surface area contributed by atoms with E-state index in [9.17, 15) is 19.5 Å². The Bertz CT molecular complexity index is 883. The molecule has 1 heterocycles. The standard InChI is InChI=1S/C19H18N2O4/c22-16-10-13(17(23)20-19(8-9-19)18(24)25)11-21(16)15-7-3-5-12-4-1-2-6-14(12)15/h1-7,13H,8-11H2,(H,20,23)(H,24,25). The molecule has 0 bridgehead atoms. The summed E-state index contributed by atoms with van der Waals surface area (Å²) >= 11 is 0. The van der Waals surface area contributed by atoms with Crippen LogP contribution in [-0.2, 0) is 14.4 Å². The SMILES string of the molecule is O=C(NC1(C(=O)O)CC1)C1CC(=O)N(c2cccc3ccccc23)C1. The Morgan fingerprint density at radius 3 is 2.56 bits per heavy atom. The Kier molecular flexibility index (Phi) is 3.49. The smallest absolute Gasteiger partial charge is 0.329 e. The van der Waals surface area contributed by atoms with Crippen LogP contribution in [0.1, 0.15) is 19.3 Å². The molecule has 1 saturated heterocycles. The van der Waals surface area contributed by atoms with Crippen molar-refractivity contribution in [1.29, 1.82) is 0 Å². The summed E-state index contributed by atoms with van der Waals surface area (Å²) in [5.41, 5.74) is -0.328. The van der Waals surface area contributed by atoms with Crippen LogP contribution < -0.4 is 10.2 Å². The van der Waals surface area contributed by atoms with Gasteiger partial charge in [0.2, 0.25) is 11.8 Å². The maximum absolute atomic E-state index is 12.5. The summed E-state index contributed by atoms with van der Waals surface area (Å²) in [6.07, 6.45) is 0.994. The molecule has 2 aromatic rings. The highest BCUT2D eigenvalue weighted by molar-refractivity contribution is 6.07. The number of hydrogen-bond acceptors (Lipinski definition) is 3. The Labute approximate surface area is 144 Å². The summed E-state index contributed by atoms with van der Waals surface area (Å²) in [7, 11) is 0. The summed E-state index contributed by atoms with van der Waals surface area (Å²) in [6.45, 7) is 0.272. The number of carboxylic acid groups (broad SMARTS) is 1. The van der Waals surface area contributed by atoms with Crippen molar-refractivity contribution in [3.8, 4) is 0 Å². The van der Waals surface area contributed by atoms with Gasteiger partial charge in [-0.15, -0.1) is 0 Å². The molecule has 1 unspecified atom stereocenters. The molecule has 1 atom stereocenters. The molecular formula is C19H18N2O4. The number of aliphatic carboxylic acids is 1. The van der Waals surface area contributed by atoms with Crippen molar-refractivity contribution in [2.75, 3.05) is 11.4 Å². The normalized spacial score (nSPS) is 21.4. The van der Waals surface area contributed by atoms with Crippen molar-refractivity contribution < 1.29 is 19.5 Å². The number of nitrogens with zero attached hydrogens (tertiary/aromatic N) is 1. The average Bonchev–Trinajstić information content (AvgIpc) is 3.29. The molecule has 0 radical (unpaired) electrons. The number of fused-ring (bicyclic) bond motifs is 1. The number of rotatable bonds is 4. The number of nitrogens with one attached hydrogen (secondary N) is 1. The maximum Gasteiger partial charge on any atom is 0.329 e. The molecule has 2 fully saturated rings. The molecule has 1 saturated carbocycles. The van der Waals surface area contributed by atoms with Gasteiger partial charge in [0, 0.05) is 18.4 Å². The third-order valence-corrected chi connectivity index (χ3v) is 5.08. The number of hydrogen-bond donors (Lipinski definition) is 2. The number of carbonyl (C=O) groups excluding carboxylic acids is 2. The third kappa shape index (κ3) is 2.63. The molecular weight excluding hydrogens is 320 g/mol. The fraction of sp³-hybridized carbons (Fsp3) is 0.316. The van der Waals surface area contributed by atoms with Gasteiger partial charge in [-0.25, -0.2) is 4.79 Å². The van der Waals surface area contributed by atoms with E-state index in [1.807, 2.05) is 42.5 Å². The fourth-order valence-corrected chi connectivity index (χ4v) is 3.41. The van der Waals surface area contributed by atoms with E-state index in [-0.39, 0.29) is 24.8 Å². The number of carboxylic acids is 1. The van der Waals surface area contributed by atoms with E-state index in [1.165, 1.54) is 0 Å². The van der Waals surface area contributed by atoms with Gasteiger partial charge in [-0.2, -0.15) is 0 Å². The lowest BCUT2D eigenvalue weighted by Gasteiger charge is -2.20. The predicted octanol–water partition coefficient (Wildman–Crippen LogP) is 1.93. The Morgan fingerprint density at radius 2 is 1.84 bits per heavy atom. The zero-order valence-corrected chi connectivity index (χ0v) is 13.6. The predicted molar refractivity (Wildman–Crippen MR) is 92.2 cm³/mol. The van der Waals surface area contributed by atoms with Crippen LogP contribution in [0, 0.1) is 5.92 Å². The number of benzene rings is 2. The summed E-state index contributed by atoms with van der Waals surface area (Å²) in [5, 5.41) is 13.8. The second kappa shape index (κ2) is 5.58. The zero-order valence-electron chi connectivity index (χ0n) is 13.6. The highest BCUT2D eigenvalue weighted by Gasteiger charge is 2.52. The lowest BCUT2D eigenvalue weighted by Crippen LogP contribution is -2.46. The van der Waals surface area contributed by atoms with Crippen molar-refractivity contribution in [1.82, 2.24) is 5.32 Å². The zero-order chi connectivity index (χ0) is 17.6. The highest BCUT2D eigenvalue weighted by Crippen LogP contribution is 2.37. The van der Waals surface area contributed by atoms with Gasteiger partial charge in [0.05, 0.1) is 11.6 Å². The lowest BCUT2D eigenvalue weighted by molar-refractivity contribution is -0.143. The van der Waals surface area contributed by atoms with E-state index >= 15 is 0 Å². The first-order valence-corrected chi connectivity index (χ1v) is 8.34. The summed E-state index contributed by atoms with van der Waals surface area (Å²) in [5.74, 6) is -1.99. The average molecular weight is 338 g/mol. The Balaban J connectivity index is 1.56. The quantitative estimate of drug-likeness (QED) is 0.892. The van der Waals surface area contributed by atoms with Crippen LogP contribution in [0.5, 0.6) is 0 Å². The van der Waals surface area contributed by atoms with E-state index in [0.717, 1.165) is 16.5 Å². The van der Waals surface area contributed by atoms with Crippen LogP contribution in [-0.4, -0.2) is 35.0 Å². The largest absolute Gasteiger partial charge is 0.480 e. The van der Waals surface area contributed by atoms with Crippen molar-refractivity contribution in [2.24, 2.45) is 5.92 Å². The second-order valence-corrected chi connectivity index (χ2v) is 6.78. The third-order valence-electron chi connectivity index (χ3n) is 5.08. The second-order valence-electron chi connectivity index (χ2n) is 6.78. The number of carbonyl (C=O) groups is 3. The minimum atomic E-state index is -1.12. The van der Waals surface area contributed by atoms with E-state index in [1.54, 1.807) is 4.90 Å². The molecule has 2 amide bonds. The molecule has 1 aliphatic carbocycles. The molecule has 25 heavy (non-hydrogen) atoms. The number of anilines is 1. The molecule has 6 heteroatoms. The van der Waals surface area contributed by atoms with E-state index in [4.69, 9.17) is 0 Å². The molecule has 1 aliphatic heterocycles. The first-order chi connectivity index (χ1) is 12.0. The van der Waals surface area contributed by atoms with Crippen molar-refractivity contribution >= 4 is 34.2 Å². The molecule has 0 spiro atoms. The Morgan fingerprint density at radius 1 is 1.12 bits per heavy atom. The van der Waals surface area contributed by atoms with Crippen molar-refractivity contribution in [3.63, 3.8) is 0 Å². The Hall–Kier alpha value is -2.89. The minimum Gasteiger partial charge on any atom is -0.480 e. The lowest BCUT2D eigenvalue weighted by atomic mass is 10.1. The van der Waals surface area contributed by atoms with E-state index in [0.29, 0.717) is 12.8 Å². The van der Waals surface area contributed by atoms with E-state index in [2.05, 4.69) is 5.32 Å². The molecule has 2 aromatic carbocycles. The molecule has 2 aliphatic rings. The van der Waals surface area contributed by atoms with Gasteiger partial charge in [-0.3, -0.25) is 9.59 Å². The molecule has 6 nitrogen and oxygen atoms in total. The van der Waals surface area contributed by atoms with Gasteiger partial charge in [-0.1, -0.05) is 36.4 Å². The minimum absolute atomic E-state index is 0.102. The van der Waals surface area contributed by atoms with Gasteiger partial charge in [-0.05, 0) is 24.3 Å². The summed E-state index contributed by atoms with van der Waals surface area (Å²) in [4.78, 5) is 37.8. The van der Waals surface area contributed by atoms with Crippen LogP contribution in [0.4, 0.5) is 5.69 Å². The van der Waals surface area contributed by atoms with Gasteiger partial charge in [0.25, 0.3) is 0 Å². The van der Waals surface area contributed by atoms with Crippen LogP contribution in [0.3, 0.4) is 0 Å². The van der Waals surface area contributed by atoms with Crippen LogP contribution in [0.15, 0.2) is 42.5 Å².